The molecule has 0 saturated carbocycles. The summed E-state index contributed by atoms with van der Waals surface area (Å²) in [5.74, 6) is 0.354. The average molecular weight is 479 g/mol. The molecule has 0 unspecified atom stereocenters. The first kappa shape index (κ1) is 21.4. The van der Waals surface area contributed by atoms with E-state index in [4.69, 9.17) is 9.47 Å². The van der Waals surface area contributed by atoms with Crippen molar-refractivity contribution in [3.8, 4) is 11.5 Å². The summed E-state index contributed by atoms with van der Waals surface area (Å²) in [6.07, 6.45) is 2.74. The molecule has 3 aliphatic heterocycles. The van der Waals surface area contributed by atoms with E-state index in [1.807, 2.05) is 6.08 Å². The third-order valence-corrected chi connectivity index (χ3v) is 6.86. The van der Waals surface area contributed by atoms with Crippen LogP contribution >= 0.6 is 0 Å². The van der Waals surface area contributed by atoms with Crippen molar-refractivity contribution in [2.45, 2.75) is 25.8 Å². The van der Waals surface area contributed by atoms with E-state index in [0.717, 1.165) is 16.0 Å². The highest BCUT2D eigenvalue weighted by molar-refractivity contribution is 5.90. The van der Waals surface area contributed by atoms with E-state index < -0.39 is 11.9 Å². The summed E-state index contributed by atoms with van der Waals surface area (Å²) in [6, 6.07) is 4.64. The molecule has 0 radical (unpaired) electrons. The topological polar surface area (TPSA) is 110 Å². The second-order valence-corrected chi connectivity index (χ2v) is 8.84. The van der Waals surface area contributed by atoms with Gasteiger partial charge in [-0.1, -0.05) is 6.08 Å². The number of aromatic nitrogens is 3. The Bertz CT molecular complexity index is 1420. The van der Waals surface area contributed by atoms with E-state index >= 15 is 0 Å². The molecule has 0 saturated heterocycles. The zero-order valence-electron chi connectivity index (χ0n) is 18.9. The minimum Gasteiger partial charge on any atom is -0.493 e. The van der Waals surface area contributed by atoms with Crippen molar-refractivity contribution in [1.82, 2.24) is 19.5 Å². The minimum absolute atomic E-state index is 0.00716. The summed E-state index contributed by atoms with van der Waals surface area (Å²) in [5, 5.41) is 18.5. The van der Waals surface area contributed by atoms with Crippen molar-refractivity contribution in [3.05, 3.63) is 53.1 Å². The molecular weight excluding hydrogens is 457 g/mol. The van der Waals surface area contributed by atoms with Crippen molar-refractivity contribution < 1.29 is 28.6 Å². The highest BCUT2D eigenvalue weighted by Gasteiger charge is 2.35. The minimum atomic E-state index is -1.26. The molecular formula is C24H22FN5O5. The Morgan fingerprint density at radius 2 is 2.00 bits per heavy atom. The van der Waals surface area contributed by atoms with Gasteiger partial charge in [-0.2, -0.15) is 0 Å². The zero-order valence-corrected chi connectivity index (χ0v) is 18.9. The fourth-order valence-corrected chi connectivity index (χ4v) is 5.10. The van der Waals surface area contributed by atoms with Crippen LogP contribution in [-0.2, 0) is 11.3 Å². The maximum Gasteiger partial charge on any atom is 0.413 e. The number of carboxylic acid groups (broad SMARTS) is 1. The fraction of sp³-hybridized carbons (Fsp3) is 0.333. The largest absolute Gasteiger partial charge is 0.493 e. The molecule has 11 heteroatoms. The second-order valence-electron chi connectivity index (χ2n) is 8.84. The number of carbonyl (C=O) groups excluding carboxylic acids is 1. The lowest BCUT2D eigenvalue weighted by Crippen LogP contribution is -2.33. The van der Waals surface area contributed by atoms with Gasteiger partial charge in [0, 0.05) is 36.7 Å². The van der Waals surface area contributed by atoms with E-state index in [1.54, 1.807) is 21.4 Å². The lowest BCUT2D eigenvalue weighted by Gasteiger charge is -2.27. The van der Waals surface area contributed by atoms with Gasteiger partial charge in [0.05, 0.1) is 25.7 Å². The SMILES string of the molecule is CC(=O)N1CC=C(c2cc3c(n4cnnc24)N(C(=O)O)Cc2c(F)ccc4c2[C@@H](CO4)CO3)CC1. The summed E-state index contributed by atoms with van der Waals surface area (Å²) in [4.78, 5) is 27.0. The summed E-state index contributed by atoms with van der Waals surface area (Å²) >= 11 is 0. The van der Waals surface area contributed by atoms with Gasteiger partial charge >= 0.3 is 6.09 Å². The summed E-state index contributed by atoms with van der Waals surface area (Å²) in [7, 11) is 0. The number of fused-ring (bicyclic) bond motifs is 3. The molecule has 0 fully saturated rings. The highest BCUT2D eigenvalue weighted by Crippen LogP contribution is 2.43. The molecule has 1 atom stereocenters. The van der Waals surface area contributed by atoms with E-state index in [2.05, 4.69) is 10.2 Å². The Morgan fingerprint density at radius 1 is 1.20 bits per heavy atom. The molecule has 180 valence electrons. The van der Waals surface area contributed by atoms with Crippen LogP contribution in [0.2, 0.25) is 0 Å². The van der Waals surface area contributed by atoms with Gasteiger partial charge in [0.15, 0.2) is 17.2 Å². The number of pyridine rings is 1. The molecule has 3 aliphatic rings. The predicted molar refractivity (Wildman–Crippen MR) is 122 cm³/mol. The molecule has 1 N–H and O–H groups in total. The molecule has 0 spiro atoms. The number of amides is 2. The van der Waals surface area contributed by atoms with Crippen molar-refractivity contribution in [2.24, 2.45) is 0 Å². The average Bonchev–Trinajstić information content (AvgIpc) is 3.50. The van der Waals surface area contributed by atoms with Gasteiger partial charge in [-0.05, 0) is 30.2 Å². The van der Waals surface area contributed by atoms with Crippen LogP contribution in [0, 0.1) is 5.82 Å². The molecule has 5 heterocycles. The molecule has 35 heavy (non-hydrogen) atoms. The summed E-state index contributed by atoms with van der Waals surface area (Å²) in [6.45, 7) is 2.87. The van der Waals surface area contributed by atoms with Crippen LogP contribution in [0.5, 0.6) is 11.5 Å². The van der Waals surface area contributed by atoms with Gasteiger partial charge in [0.2, 0.25) is 5.91 Å². The van der Waals surface area contributed by atoms with Crippen molar-refractivity contribution in [1.29, 1.82) is 0 Å². The Hall–Kier alpha value is -4.15. The zero-order chi connectivity index (χ0) is 24.3. The first-order valence-electron chi connectivity index (χ1n) is 11.3. The van der Waals surface area contributed by atoms with Gasteiger partial charge in [0.25, 0.3) is 0 Å². The number of ether oxygens (including phenoxy) is 2. The highest BCUT2D eigenvalue weighted by atomic mass is 19.1. The van der Waals surface area contributed by atoms with Crippen LogP contribution in [0.1, 0.15) is 36.0 Å². The fourth-order valence-electron chi connectivity index (χ4n) is 5.10. The van der Waals surface area contributed by atoms with Crippen LogP contribution in [0.3, 0.4) is 0 Å². The van der Waals surface area contributed by atoms with Crippen LogP contribution in [0.25, 0.3) is 11.2 Å². The van der Waals surface area contributed by atoms with Crippen LogP contribution in [0.4, 0.5) is 15.0 Å². The maximum absolute atomic E-state index is 15.0. The van der Waals surface area contributed by atoms with Crippen LogP contribution in [-0.4, -0.2) is 62.9 Å². The molecule has 0 bridgehead atoms. The Kier molecular flexibility index (Phi) is 4.87. The Balaban J connectivity index is 1.52. The van der Waals surface area contributed by atoms with E-state index in [1.165, 1.54) is 19.3 Å². The molecule has 1 aromatic carbocycles. The Morgan fingerprint density at radius 3 is 2.71 bits per heavy atom. The molecule has 3 aromatic rings. The first-order chi connectivity index (χ1) is 16.9. The second kappa shape index (κ2) is 7.97. The normalized spacial score (nSPS) is 19.0. The number of rotatable bonds is 1. The van der Waals surface area contributed by atoms with Gasteiger partial charge in [-0.25, -0.2) is 9.18 Å². The molecule has 0 aliphatic carbocycles. The quantitative estimate of drug-likeness (QED) is 0.571. The van der Waals surface area contributed by atoms with Crippen molar-refractivity contribution in [2.75, 3.05) is 31.2 Å². The summed E-state index contributed by atoms with van der Waals surface area (Å²) in [5.41, 5.74) is 3.09. The smallest absolute Gasteiger partial charge is 0.413 e. The maximum atomic E-state index is 15.0. The van der Waals surface area contributed by atoms with Crippen molar-refractivity contribution >= 4 is 29.0 Å². The van der Waals surface area contributed by atoms with Gasteiger partial charge in [0.1, 0.15) is 17.9 Å². The monoisotopic (exact) mass is 479 g/mol. The van der Waals surface area contributed by atoms with Gasteiger partial charge in [-0.15, -0.1) is 10.2 Å². The number of halogens is 1. The number of hydrogen-bond acceptors (Lipinski definition) is 6. The van der Waals surface area contributed by atoms with E-state index in [0.29, 0.717) is 48.8 Å². The first-order valence-corrected chi connectivity index (χ1v) is 11.3. The number of nitrogens with zero attached hydrogens (tertiary/aromatic N) is 5. The van der Waals surface area contributed by atoms with Crippen LogP contribution < -0.4 is 14.4 Å². The van der Waals surface area contributed by atoms with Gasteiger partial charge in [-0.3, -0.25) is 14.1 Å². The number of hydrogen-bond donors (Lipinski definition) is 1. The molecule has 10 nitrogen and oxygen atoms in total. The third kappa shape index (κ3) is 3.37. The third-order valence-electron chi connectivity index (χ3n) is 6.86. The number of benzene rings is 1. The lowest BCUT2D eigenvalue weighted by atomic mass is 9.95. The van der Waals surface area contributed by atoms with Crippen LogP contribution in [0.15, 0.2) is 30.6 Å². The lowest BCUT2D eigenvalue weighted by molar-refractivity contribution is -0.128. The number of anilines is 1. The van der Waals surface area contributed by atoms with Gasteiger partial charge < -0.3 is 19.5 Å². The van der Waals surface area contributed by atoms with E-state index in [-0.39, 0.29) is 36.4 Å². The van der Waals surface area contributed by atoms with Crippen molar-refractivity contribution in [3.63, 3.8) is 0 Å². The molecule has 2 aromatic heterocycles. The number of carbonyl (C=O) groups is 2. The Labute approximate surface area is 199 Å². The summed E-state index contributed by atoms with van der Waals surface area (Å²) < 4.78 is 28.5. The standard InChI is InChI=1S/C24H22FN5O5/c1-13(31)28-6-4-14(5-7-28)16-8-20-23(30-12-26-27-22(16)30)29(24(32)33)9-17-18(25)2-3-19-21(17)15(10-34-19)11-35-20/h2-4,8,12,15H,5-7,9-11H2,1H3,(H,32,33)/t15-/m0/s1. The van der Waals surface area contributed by atoms with E-state index in [9.17, 15) is 19.1 Å². The molecule has 2 amide bonds. The predicted octanol–water partition coefficient (Wildman–Crippen LogP) is 3.06. The molecule has 6 rings (SSSR count).